The summed E-state index contributed by atoms with van der Waals surface area (Å²) in [6, 6.07) is 3.57. The van der Waals surface area contributed by atoms with Gasteiger partial charge in [-0.05, 0) is 64.4 Å². The summed E-state index contributed by atoms with van der Waals surface area (Å²) < 4.78 is 0.752. The average Bonchev–Trinajstić information content (AvgIpc) is 2.93. The van der Waals surface area contributed by atoms with E-state index in [-0.39, 0.29) is 22.9 Å². The van der Waals surface area contributed by atoms with Gasteiger partial charge in [-0.2, -0.15) is 0 Å². The molecule has 19 heavy (non-hydrogen) atoms. The van der Waals surface area contributed by atoms with Crippen molar-refractivity contribution in [3.63, 3.8) is 0 Å². The number of rotatable bonds is 0. The van der Waals surface area contributed by atoms with Crippen LogP contribution in [-0.2, 0) is 11.2 Å². The second-order valence-corrected chi connectivity index (χ2v) is 7.05. The van der Waals surface area contributed by atoms with E-state index in [9.17, 15) is 9.90 Å². The molecule has 0 aromatic heterocycles. The maximum absolute atomic E-state index is 12.2. The van der Waals surface area contributed by atoms with Crippen molar-refractivity contribution in [2.45, 2.75) is 25.7 Å². The molecule has 4 rings (SSSR count). The fraction of sp³-hybridized carbons (Fsp3) is 0.400. The Balaban J connectivity index is 2.03. The lowest BCUT2D eigenvalue weighted by molar-refractivity contribution is -0.118. The third-order valence-electron chi connectivity index (χ3n) is 4.95. The van der Waals surface area contributed by atoms with Gasteiger partial charge in [0.05, 0.1) is 9.51 Å². The van der Waals surface area contributed by atoms with Crippen molar-refractivity contribution in [1.29, 1.82) is 0 Å². The lowest BCUT2D eigenvalue weighted by Gasteiger charge is -2.30. The maximum atomic E-state index is 12.2. The van der Waals surface area contributed by atoms with Crippen molar-refractivity contribution in [1.82, 2.24) is 0 Å². The van der Waals surface area contributed by atoms with Gasteiger partial charge in [-0.25, -0.2) is 0 Å². The van der Waals surface area contributed by atoms with E-state index in [1.165, 1.54) is 0 Å². The topological polar surface area (TPSA) is 37.3 Å². The predicted molar refractivity (Wildman–Crippen MR) is 77.1 cm³/mol. The molecule has 0 amide bonds. The van der Waals surface area contributed by atoms with E-state index in [4.69, 9.17) is 11.6 Å². The monoisotopic (exact) mass is 338 g/mol. The smallest absolute Gasteiger partial charge is 0.177 e. The van der Waals surface area contributed by atoms with Crippen LogP contribution in [0.15, 0.2) is 21.6 Å². The molecule has 1 saturated carbocycles. The van der Waals surface area contributed by atoms with Crippen LogP contribution < -0.4 is 0 Å². The van der Waals surface area contributed by atoms with Gasteiger partial charge < -0.3 is 5.11 Å². The number of benzene rings is 1. The van der Waals surface area contributed by atoms with E-state index in [0.717, 1.165) is 46.9 Å². The van der Waals surface area contributed by atoms with E-state index in [1.54, 1.807) is 6.07 Å². The minimum absolute atomic E-state index is 0.0360. The molecule has 98 valence electrons. The number of halogens is 2. The van der Waals surface area contributed by atoms with Gasteiger partial charge in [-0.1, -0.05) is 17.7 Å². The van der Waals surface area contributed by atoms with Crippen LogP contribution in [0.25, 0.3) is 5.57 Å². The van der Waals surface area contributed by atoms with Gasteiger partial charge in [0.25, 0.3) is 0 Å². The number of fused-ring (bicyclic) bond motifs is 3. The van der Waals surface area contributed by atoms with Crippen LogP contribution >= 0.6 is 27.5 Å². The Bertz CT molecular complexity index is 664. The first kappa shape index (κ1) is 12.0. The molecule has 0 radical (unpaired) electrons. The Hall–Kier alpha value is -0.800. The highest BCUT2D eigenvalue weighted by atomic mass is 79.9. The minimum atomic E-state index is 0.0360. The summed E-state index contributed by atoms with van der Waals surface area (Å²) in [6.07, 6.45) is 3.76. The lowest BCUT2D eigenvalue weighted by atomic mass is 9.74. The van der Waals surface area contributed by atoms with Crippen LogP contribution in [0.3, 0.4) is 0 Å². The largest absolute Gasteiger partial charge is 0.507 e. The fourth-order valence-corrected chi connectivity index (χ4v) is 5.06. The van der Waals surface area contributed by atoms with Crippen molar-refractivity contribution in [3.8, 4) is 5.75 Å². The number of hydrogen-bond acceptors (Lipinski definition) is 2. The summed E-state index contributed by atoms with van der Waals surface area (Å²) in [5, 5.41) is 10.3. The molecular formula is C15H12BrClO2. The van der Waals surface area contributed by atoms with Gasteiger partial charge in [0.1, 0.15) is 5.75 Å². The summed E-state index contributed by atoms with van der Waals surface area (Å²) in [5.74, 6) is 0.478. The highest BCUT2D eigenvalue weighted by Gasteiger charge is 2.54. The predicted octanol–water partition coefficient (Wildman–Crippen LogP) is 4.03. The van der Waals surface area contributed by atoms with E-state index in [2.05, 4.69) is 15.9 Å². The first-order chi connectivity index (χ1) is 9.03. The molecule has 0 saturated heterocycles. The van der Waals surface area contributed by atoms with Crippen molar-refractivity contribution < 1.29 is 9.90 Å². The molecule has 2 unspecified atom stereocenters. The second-order valence-electron chi connectivity index (χ2n) is 5.87. The molecule has 1 spiro atoms. The lowest BCUT2D eigenvalue weighted by Crippen LogP contribution is -2.25. The van der Waals surface area contributed by atoms with Gasteiger partial charge in [-0.15, -0.1) is 0 Å². The van der Waals surface area contributed by atoms with Crippen LogP contribution in [0.1, 0.15) is 30.4 Å². The van der Waals surface area contributed by atoms with E-state index in [1.807, 2.05) is 6.07 Å². The number of allylic oxidation sites excluding steroid dienone is 2. The molecule has 1 fully saturated rings. The number of phenols is 1. The number of carbonyl (C=O) groups excluding carboxylic acids is 1. The zero-order valence-electron chi connectivity index (χ0n) is 10.2. The Labute approximate surface area is 124 Å². The second kappa shape index (κ2) is 3.64. The molecule has 0 aliphatic heterocycles. The van der Waals surface area contributed by atoms with E-state index >= 15 is 0 Å². The first-order valence-electron chi connectivity index (χ1n) is 6.49. The van der Waals surface area contributed by atoms with Crippen molar-refractivity contribution in [2.24, 2.45) is 11.3 Å². The molecule has 1 aromatic carbocycles. The zero-order valence-corrected chi connectivity index (χ0v) is 12.5. The normalized spacial score (nSPS) is 31.7. The van der Waals surface area contributed by atoms with Crippen LogP contribution in [0, 0.1) is 11.3 Å². The molecule has 1 aromatic rings. The summed E-state index contributed by atoms with van der Waals surface area (Å²) in [6.45, 7) is 0. The number of aromatic hydroxyl groups is 1. The van der Waals surface area contributed by atoms with Crippen molar-refractivity contribution in [2.75, 3.05) is 0 Å². The van der Waals surface area contributed by atoms with Crippen LogP contribution in [0.4, 0.5) is 0 Å². The maximum Gasteiger partial charge on any atom is 0.177 e. The Morgan fingerprint density at radius 3 is 3.00 bits per heavy atom. The zero-order chi connectivity index (χ0) is 13.4. The summed E-state index contributed by atoms with van der Waals surface area (Å²) in [5.41, 5.74) is 3.21. The third kappa shape index (κ3) is 1.35. The average molecular weight is 340 g/mol. The molecule has 3 aliphatic rings. The van der Waals surface area contributed by atoms with Crippen LogP contribution in [0.2, 0.25) is 0 Å². The number of Topliss-reactive ketones (excluding diaryl/α,β-unsaturated/α-hetero) is 1. The standard InChI is InChI=1S/C15H12BrClO2/c16-12-9-6-15-4-3-7(5-15)14(19)13(17)11(15)8(9)1-2-10(12)18/h1-2,7,18H,3-6H2. The first-order valence-corrected chi connectivity index (χ1v) is 7.66. The SMILES string of the molecule is O=C1C(Cl)=C2c3ccc(O)c(Br)c3CC23CCC1C3. The van der Waals surface area contributed by atoms with Crippen molar-refractivity contribution in [3.05, 3.63) is 32.8 Å². The molecular weight excluding hydrogens is 328 g/mol. The molecule has 0 heterocycles. The van der Waals surface area contributed by atoms with Gasteiger partial charge in [0.2, 0.25) is 0 Å². The summed E-state index contributed by atoms with van der Waals surface area (Å²) in [7, 11) is 0. The van der Waals surface area contributed by atoms with Crippen molar-refractivity contribution >= 4 is 38.9 Å². The Kier molecular flexibility index (Phi) is 2.30. The summed E-state index contributed by atoms with van der Waals surface area (Å²) in [4.78, 5) is 12.2. The highest BCUT2D eigenvalue weighted by molar-refractivity contribution is 9.10. The highest BCUT2D eigenvalue weighted by Crippen LogP contribution is 2.63. The number of ketones is 1. The Morgan fingerprint density at radius 1 is 1.42 bits per heavy atom. The number of phenolic OH excluding ortho intramolecular Hbond substituents is 1. The molecule has 4 heteroatoms. The molecule has 2 nitrogen and oxygen atoms in total. The van der Waals surface area contributed by atoms with E-state index < -0.39 is 0 Å². The Morgan fingerprint density at radius 2 is 2.21 bits per heavy atom. The minimum Gasteiger partial charge on any atom is -0.507 e. The quantitative estimate of drug-likeness (QED) is 0.775. The summed E-state index contributed by atoms with van der Waals surface area (Å²) >= 11 is 9.83. The van der Waals surface area contributed by atoms with Gasteiger partial charge in [0, 0.05) is 11.3 Å². The number of hydrogen-bond donors (Lipinski definition) is 1. The third-order valence-corrected chi connectivity index (χ3v) is 6.21. The van der Waals surface area contributed by atoms with Crippen LogP contribution in [-0.4, -0.2) is 10.9 Å². The van der Waals surface area contributed by atoms with E-state index in [0.29, 0.717) is 5.03 Å². The van der Waals surface area contributed by atoms with Gasteiger partial charge >= 0.3 is 0 Å². The molecule has 2 atom stereocenters. The van der Waals surface area contributed by atoms with Gasteiger partial charge in [-0.3, -0.25) is 4.79 Å². The fourth-order valence-electron chi connectivity index (χ4n) is 4.12. The van der Waals surface area contributed by atoms with Gasteiger partial charge in [0.15, 0.2) is 5.78 Å². The van der Waals surface area contributed by atoms with Crippen LogP contribution in [0.5, 0.6) is 5.75 Å². The molecule has 1 N–H and O–H groups in total. The number of carbonyl (C=O) groups is 1. The molecule has 2 bridgehead atoms. The molecule has 3 aliphatic carbocycles.